The van der Waals surface area contributed by atoms with E-state index in [1.807, 2.05) is 0 Å². The van der Waals surface area contributed by atoms with Crippen molar-refractivity contribution < 1.29 is 28.5 Å². The summed E-state index contributed by atoms with van der Waals surface area (Å²) in [5.74, 6) is -1.28. The molecule has 106 valence electrons. The Bertz CT molecular complexity index is 478. The van der Waals surface area contributed by atoms with E-state index in [4.69, 9.17) is 9.47 Å². The largest absolute Gasteiger partial charge is 0.492 e. The molecule has 1 unspecified atom stereocenters. The van der Waals surface area contributed by atoms with Crippen molar-refractivity contribution in [1.29, 1.82) is 0 Å². The normalized spacial score (nSPS) is 11.9. The number of esters is 1. The highest BCUT2D eigenvalue weighted by atomic mass is 32.2. The molecule has 0 spiro atoms. The summed E-state index contributed by atoms with van der Waals surface area (Å²) in [6, 6.07) is 1.04. The molecule has 1 atom stereocenters. The van der Waals surface area contributed by atoms with Gasteiger partial charge in [0.15, 0.2) is 17.6 Å². The average molecular weight is 290 g/mol. The van der Waals surface area contributed by atoms with Gasteiger partial charge in [0.05, 0.1) is 26.2 Å². The maximum Gasteiger partial charge on any atom is 0.339 e. The molecule has 0 radical (unpaired) electrons. The molecular formula is C12H15FO5S. The van der Waals surface area contributed by atoms with Crippen LogP contribution in [0.25, 0.3) is 0 Å². The summed E-state index contributed by atoms with van der Waals surface area (Å²) in [4.78, 5) is 11.6. The molecule has 0 amide bonds. The van der Waals surface area contributed by atoms with Crippen molar-refractivity contribution in [1.82, 2.24) is 0 Å². The van der Waals surface area contributed by atoms with Crippen LogP contribution < -0.4 is 9.47 Å². The quantitative estimate of drug-likeness (QED) is 0.658. The predicted octanol–water partition coefficient (Wildman–Crippen LogP) is 1.77. The molecule has 0 heterocycles. The zero-order valence-corrected chi connectivity index (χ0v) is 11.8. The topological polar surface area (TPSA) is 65.0 Å². The molecule has 0 aliphatic carbocycles. The van der Waals surface area contributed by atoms with Gasteiger partial charge >= 0.3 is 5.97 Å². The maximum absolute atomic E-state index is 13.9. The summed E-state index contributed by atoms with van der Waals surface area (Å²) in [5.41, 5.74) is -0.0403. The lowest BCUT2D eigenvalue weighted by Gasteiger charge is -2.18. The van der Waals surface area contributed by atoms with Gasteiger partial charge in [0.25, 0.3) is 0 Å². The number of hydrogen-bond donors (Lipinski definition) is 1. The Morgan fingerprint density at radius 2 is 1.89 bits per heavy atom. The third-order valence-electron chi connectivity index (χ3n) is 2.51. The molecule has 0 saturated carbocycles. The van der Waals surface area contributed by atoms with Crippen LogP contribution in [0.15, 0.2) is 11.0 Å². The number of ether oxygens (including phenoxy) is 3. The summed E-state index contributed by atoms with van der Waals surface area (Å²) in [7, 11) is 3.82. The minimum atomic E-state index is -1.64. The Balaban J connectivity index is 3.48. The first kappa shape index (κ1) is 15.6. The summed E-state index contributed by atoms with van der Waals surface area (Å²) in [5, 5.41) is 9.83. The van der Waals surface area contributed by atoms with Crippen molar-refractivity contribution in [2.45, 2.75) is 11.0 Å². The van der Waals surface area contributed by atoms with E-state index < -0.39 is 17.9 Å². The van der Waals surface area contributed by atoms with Gasteiger partial charge in [-0.05, 0) is 12.3 Å². The molecule has 5 nitrogen and oxygen atoms in total. The number of aliphatic hydroxyl groups excluding tert-OH is 1. The first-order chi connectivity index (χ1) is 9.01. The second-order valence-electron chi connectivity index (χ2n) is 3.47. The van der Waals surface area contributed by atoms with E-state index in [9.17, 15) is 14.3 Å². The molecule has 1 rings (SSSR count). The van der Waals surface area contributed by atoms with Crippen LogP contribution in [0.4, 0.5) is 4.39 Å². The fourth-order valence-electron chi connectivity index (χ4n) is 1.64. The lowest BCUT2D eigenvalue weighted by molar-refractivity contribution is -0.150. The smallest absolute Gasteiger partial charge is 0.339 e. The zero-order chi connectivity index (χ0) is 14.6. The standard InChI is InChI=1S/C12H15FO5S/c1-16-9-6(8(14)12(15)18-3)5-7(13)11(19-4)10(9)17-2/h5,8,14H,1-4H3. The van der Waals surface area contributed by atoms with Crippen LogP contribution in [0, 0.1) is 5.82 Å². The number of carbonyl (C=O) groups excluding carboxylic acids is 1. The van der Waals surface area contributed by atoms with Crippen molar-refractivity contribution >= 4 is 17.7 Å². The highest BCUT2D eigenvalue weighted by molar-refractivity contribution is 7.98. The van der Waals surface area contributed by atoms with Gasteiger partial charge in [0.2, 0.25) is 0 Å². The van der Waals surface area contributed by atoms with E-state index in [1.165, 1.54) is 14.2 Å². The number of thioether (sulfide) groups is 1. The number of rotatable bonds is 5. The van der Waals surface area contributed by atoms with E-state index in [0.717, 1.165) is 24.9 Å². The molecule has 0 bridgehead atoms. The van der Waals surface area contributed by atoms with Crippen LogP contribution in [0.1, 0.15) is 11.7 Å². The predicted molar refractivity (Wildman–Crippen MR) is 68.3 cm³/mol. The lowest BCUT2D eigenvalue weighted by atomic mass is 10.1. The highest BCUT2D eigenvalue weighted by Crippen LogP contribution is 2.43. The van der Waals surface area contributed by atoms with Gasteiger partial charge in [0.1, 0.15) is 5.82 Å². The number of methoxy groups -OCH3 is 3. The summed E-state index contributed by atoms with van der Waals surface area (Å²) in [6.07, 6.45) is 0.0378. The second kappa shape index (κ2) is 6.63. The number of benzene rings is 1. The summed E-state index contributed by atoms with van der Waals surface area (Å²) in [6.45, 7) is 0. The van der Waals surface area contributed by atoms with Crippen LogP contribution in [0.5, 0.6) is 11.5 Å². The van der Waals surface area contributed by atoms with Gasteiger partial charge in [-0.3, -0.25) is 0 Å². The summed E-state index contributed by atoms with van der Waals surface area (Å²) < 4.78 is 28.5. The molecule has 1 N–H and O–H groups in total. The number of carbonyl (C=O) groups is 1. The van der Waals surface area contributed by atoms with E-state index in [1.54, 1.807) is 6.26 Å². The van der Waals surface area contributed by atoms with Gasteiger partial charge in [-0.2, -0.15) is 0 Å². The third kappa shape index (κ3) is 2.93. The molecule has 7 heteroatoms. The molecule has 1 aromatic carbocycles. The Kier molecular flexibility index (Phi) is 5.44. The minimum Gasteiger partial charge on any atom is -0.492 e. The first-order valence-electron chi connectivity index (χ1n) is 5.26. The van der Waals surface area contributed by atoms with Crippen LogP contribution in [-0.2, 0) is 9.53 Å². The van der Waals surface area contributed by atoms with Gasteiger partial charge in [-0.1, -0.05) is 0 Å². The van der Waals surface area contributed by atoms with E-state index in [0.29, 0.717) is 0 Å². The van der Waals surface area contributed by atoms with Crippen molar-refractivity contribution in [3.8, 4) is 11.5 Å². The third-order valence-corrected chi connectivity index (χ3v) is 3.29. The fourth-order valence-corrected chi connectivity index (χ4v) is 2.25. The summed E-state index contributed by atoms with van der Waals surface area (Å²) >= 11 is 1.13. The van der Waals surface area contributed by atoms with E-state index >= 15 is 0 Å². The number of aliphatic hydroxyl groups is 1. The van der Waals surface area contributed by atoms with Crippen LogP contribution in [-0.4, -0.2) is 38.7 Å². The van der Waals surface area contributed by atoms with E-state index in [2.05, 4.69) is 4.74 Å². The monoisotopic (exact) mass is 290 g/mol. The van der Waals surface area contributed by atoms with Gasteiger partial charge < -0.3 is 19.3 Å². The molecule has 0 fully saturated rings. The Hall–Kier alpha value is -1.47. The van der Waals surface area contributed by atoms with Crippen molar-refractivity contribution in [3.63, 3.8) is 0 Å². The second-order valence-corrected chi connectivity index (χ2v) is 4.29. The minimum absolute atomic E-state index is 0.0403. The number of halogens is 1. The highest BCUT2D eigenvalue weighted by Gasteiger charge is 2.28. The maximum atomic E-state index is 13.9. The molecule has 19 heavy (non-hydrogen) atoms. The lowest BCUT2D eigenvalue weighted by Crippen LogP contribution is -2.15. The molecule has 0 saturated heterocycles. The van der Waals surface area contributed by atoms with Crippen LogP contribution in [0.3, 0.4) is 0 Å². The molecule has 0 aromatic heterocycles. The average Bonchev–Trinajstić information content (AvgIpc) is 2.43. The molecule has 0 aliphatic rings. The molecule has 1 aromatic rings. The zero-order valence-electron chi connectivity index (χ0n) is 11.0. The molecule has 0 aliphatic heterocycles. The van der Waals surface area contributed by atoms with Gasteiger partial charge in [-0.15, -0.1) is 11.8 Å². The Morgan fingerprint density at radius 1 is 1.32 bits per heavy atom. The van der Waals surface area contributed by atoms with Crippen molar-refractivity contribution in [3.05, 3.63) is 17.4 Å². The van der Waals surface area contributed by atoms with Crippen LogP contribution in [0.2, 0.25) is 0 Å². The van der Waals surface area contributed by atoms with E-state index in [-0.39, 0.29) is 22.0 Å². The Labute approximate surface area is 114 Å². The number of hydrogen-bond acceptors (Lipinski definition) is 6. The SMILES string of the molecule is COC(=O)C(O)c1cc(F)c(SC)c(OC)c1OC. The van der Waals surface area contributed by atoms with Crippen molar-refractivity contribution in [2.24, 2.45) is 0 Å². The van der Waals surface area contributed by atoms with Gasteiger partial charge in [0, 0.05) is 5.56 Å². The molecular weight excluding hydrogens is 275 g/mol. The van der Waals surface area contributed by atoms with Crippen LogP contribution >= 0.6 is 11.8 Å². The Morgan fingerprint density at radius 3 is 2.32 bits per heavy atom. The first-order valence-corrected chi connectivity index (χ1v) is 6.48. The fraction of sp³-hybridized carbons (Fsp3) is 0.417. The van der Waals surface area contributed by atoms with Gasteiger partial charge in [-0.25, -0.2) is 9.18 Å². The van der Waals surface area contributed by atoms with Crippen molar-refractivity contribution in [2.75, 3.05) is 27.6 Å².